The Bertz CT molecular complexity index is 446. The van der Waals surface area contributed by atoms with E-state index in [-0.39, 0.29) is 12.2 Å². The summed E-state index contributed by atoms with van der Waals surface area (Å²) in [4.78, 5) is 35.8. The standard InChI is InChI=1S/C8H9N3O4S2/c9-7(15)11-5(12)3-17-8-10-4(2-16-8)1-6(13)14/h2H,1,3H2,(H,13,14)(H3,9,11,12,15). The monoisotopic (exact) mass is 275 g/mol. The van der Waals surface area contributed by atoms with Gasteiger partial charge in [0.2, 0.25) is 5.91 Å². The van der Waals surface area contributed by atoms with E-state index in [1.54, 1.807) is 5.38 Å². The van der Waals surface area contributed by atoms with Crippen molar-refractivity contribution in [2.45, 2.75) is 10.8 Å². The van der Waals surface area contributed by atoms with Crippen LogP contribution in [0.3, 0.4) is 0 Å². The molecule has 17 heavy (non-hydrogen) atoms. The van der Waals surface area contributed by atoms with Crippen LogP contribution in [0.2, 0.25) is 0 Å². The molecule has 0 aliphatic carbocycles. The zero-order valence-electron chi connectivity index (χ0n) is 8.50. The van der Waals surface area contributed by atoms with Crippen LogP contribution in [-0.4, -0.2) is 33.8 Å². The van der Waals surface area contributed by atoms with Crippen LogP contribution in [0.15, 0.2) is 9.72 Å². The van der Waals surface area contributed by atoms with Crippen molar-refractivity contribution >= 4 is 41.0 Å². The number of rotatable bonds is 5. The summed E-state index contributed by atoms with van der Waals surface area (Å²) in [6, 6.07) is -0.902. The smallest absolute Gasteiger partial charge is 0.318 e. The van der Waals surface area contributed by atoms with Gasteiger partial charge in [-0.3, -0.25) is 14.9 Å². The Morgan fingerprint density at radius 1 is 1.53 bits per heavy atom. The molecule has 0 atom stereocenters. The zero-order valence-corrected chi connectivity index (χ0v) is 10.1. The van der Waals surface area contributed by atoms with Crippen molar-refractivity contribution in [2.75, 3.05) is 5.75 Å². The number of hydrogen-bond acceptors (Lipinski definition) is 6. The van der Waals surface area contributed by atoms with Crippen LogP contribution in [0, 0.1) is 0 Å². The number of carboxylic acids is 1. The number of aromatic nitrogens is 1. The number of urea groups is 1. The van der Waals surface area contributed by atoms with Crippen LogP contribution in [0.4, 0.5) is 4.79 Å². The van der Waals surface area contributed by atoms with E-state index in [9.17, 15) is 14.4 Å². The molecule has 9 heteroatoms. The van der Waals surface area contributed by atoms with Gasteiger partial charge in [0, 0.05) is 5.38 Å². The van der Waals surface area contributed by atoms with E-state index in [0.717, 1.165) is 11.8 Å². The van der Waals surface area contributed by atoms with Gasteiger partial charge in [-0.2, -0.15) is 0 Å². The highest BCUT2D eigenvalue weighted by molar-refractivity contribution is 8.01. The molecule has 4 N–H and O–H groups in total. The van der Waals surface area contributed by atoms with Crippen LogP contribution >= 0.6 is 23.1 Å². The molecular formula is C8H9N3O4S2. The third-order valence-corrected chi connectivity index (χ3v) is 3.52. The number of hydrogen-bond donors (Lipinski definition) is 3. The predicted molar refractivity (Wildman–Crippen MR) is 61.9 cm³/mol. The van der Waals surface area contributed by atoms with E-state index in [4.69, 9.17) is 10.8 Å². The number of thioether (sulfide) groups is 1. The summed E-state index contributed by atoms with van der Waals surface area (Å²) in [5.41, 5.74) is 5.21. The molecule has 0 aliphatic heterocycles. The fraction of sp³-hybridized carbons (Fsp3) is 0.250. The van der Waals surface area contributed by atoms with Crippen LogP contribution in [-0.2, 0) is 16.0 Å². The van der Waals surface area contributed by atoms with Crippen LogP contribution in [0.25, 0.3) is 0 Å². The van der Waals surface area contributed by atoms with E-state index in [1.165, 1.54) is 11.3 Å². The molecule has 0 radical (unpaired) electrons. The van der Waals surface area contributed by atoms with Gasteiger partial charge in [0.05, 0.1) is 17.9 Å². The molecule has 0 unspecified atom stereocenters. The van der Waals surface area contributed by atoms with Gasteiger partial charge in [0.25, 0.3) is 0 Å². The molecule has 0 bridgehead atoms. The molecule has 0 aromatic carbocycles. The molecule has 1 heterocycles. The summed E-state index contributed by atoms with van der Waals surface area (Å²) < 4.78 is 0.570. The average molecular weight is 275 g/mol. The predicted octanol–water partition coefficient (Wildman–Crippen LogP) is 0.0572. The maximum Gasteiger partial charge on any atom is 0.318 e. The number of imide groups is 1. The SMILES string of the molecule is NC(=O)NC(=O)CSc1nc(CC(=O)O)cs1. The molecular weight excluding hydrogens is 266 g/mol. The first-order chi connectivity index (χ1) is 7.97. The molecule has 0 saturated carbocycles. The maximum atomic E-state index is 11.1. The molecule has 1 aromatic rings. The number of amides is 3. The second-order valence-corrected chi connectivity index (χ2v) is 4.96. The molecule has 0 saturated heterocycles. The van der Waals surface area contributed by atoms with Gasteiger partial charge in [-0.25, -0.2) is 9.78 Å². The third kappa shape index (κ3) is 5.31. The van der Waals surface area contributed by atoms with Gasteiger partial charge >= 0.3 is 12.0 Å². The van der Waals surface area contributed by atoms with Crippen molar-refractivity contribution in [3.63, 3.8) is 0 Å². The first-order valence-corrected chi connectivity index (χ1v) is 6.22. The third-order valence-electron chi connectivity index (χ3n) is 1.45. The number of carbonyl (C=O) groups excluding carboxylic acids is 2. The number of primary amides is 1. The largest absolute Gasteiger partial charge is 0.481 e. The quantitative estimate of drug-likeness (QED) is 0.653. The molecule has 1 rings (SSSR count). The molecule has 3 amide bonds. The number of nitrogens with one attached hydrogen (secondary N) is 1. The fourth-order valence-electron chi connectivity index (χ4n) is 0.892. The molecule has 7 nitrogen and oxygen atoms in total. The van der Waals surface area contributed by atoms with Crippen molar-refractivity contribution in [1.82, 2.24) is 10.3 Å². The van der Waals surface area contributed by atoms with E-state index in [2.05, 4.69) is 4.98 Å². The second-order valence-electron chi connectivity index (χ2n) is 2.88. The molecule has 0 fully saturated rings. The lowest BCUT2D eigenvalue weighted by Gasteiger charge is -1.97. The summed E-state index contributed by atoms with van der Waals surface area (Å²) in [7, 11) is 0. The molecule has 0 spiro atoms. The van der Waals surface area contributed by atoms with Crippen LogP contribution < -0.4 is 11.1 Å². The topological polar surface area (TPSA) is 122 Å². The first kappa shape index (κ1) is 13.5. The Kier molecular flexibility index (Phi) is 4.91. The van der Waals surface area contributed by atoms with Crippen LogP contribution in [0.5, 0.6) is 0 Å². The van der Waals surface area contributed by atoms with Crippen molar-refractivity contribution in [3.05, 3.63) is 11.1 Å². The average Bonchev–Trinajstić information content (AvgIpc) is 2.60. The number of carboxylic acid groups (broad SMARTS) is 1. The lowest BCUT2D eigenvalue weighted by Crippen LogP contribution is -2.36. The molecule has 1 aromatic heterocycles. The Morgan fingerprint density at radius 2 is 2.24 bits per heavy atom. The van der Waals surface area contributed by atoms with Gasteiger partial charge < -0.3 is 10.8 Å². The number of aliphatic carboxylic acids is 1. The lowest BCUT2D eigenvalue weighted by atomic mass is 10.3. The summed E-state index contributed by atoms with van der Waals surface area (Å²) in [5, 5.41) is 12.1. The van der Waals surface area contributed by atoms with E-state index >= 15 is 0 Å². The van der Waals surface area contributed by atoms with Gasteiger partial charge in [0.1, 0.15) is 0 Å². The van der Waals surface area contributed by atoms with Crippen molar-refractivity contribution in [1.29, 1.82) is 0 Å². The summed E-state index contributed by atoms with van der Waals surface area (Å²) >= 11 is 2.36. The highest BCUT2D eigenvalue weighted by Crippen LogP contribution is 2.22. The number of carbonyl (C=O) groups is 3. The van der Waals surface area contributed by atoms with Crippen molar-refractivity contribution < 1.29 is 19.5 Å². The Balaban J connectivity index is 2.42. The Morgan fingerprint density at radius 3 is 2.82 bits per heavy atom. The summed E-state index contributed by atoms with van der Waals surface area (Å²) in [5.74, 6) is -1.47. The van der Waals surface area contributed by atoms with Crippen LogP contribution in [0.1, 0.15) is 5.69 Å². The maximum absolute atomic E-state index is 11.1. The lowest BCUT2D eigenvalue weighted by molar-refractivity contribution is -0.136. The van der Waals surface area contributed by atoms with Gasteiger partial charge in [-0.15, -0.1) is 11.3 Å². The number of thiazole rings is 1. The second kappa shape index (κ2) is 6.21. The minimum atomic E-state index is -0.960. The zero-order chi connectivity index (χ0) is 12.8. The molecule has 92 valence electrons. The fourth-order valence-corrected chi connectivity index (χ4v) is 2.54. The summed E-state index contributed by atoms with van der Waals surface area (Å²) in [6.07, 6.45) is -0.148. The molecule has 0 aliphatic rings. The first-order valence-electron chi connectivity index (χ1n) is 4.35. The number of nitrogens with two attached hydrogens (primary N) is 1. The van der Waals surface area contributed by atoms with E-state index in [1.807, 2.05) is 5.32 Å². The van der Waals surface area contributed by atoms with Gasteiger partial charge in [-0.1, -0.05) is 11.8 Å². The summed E-state index contributed by atoms with van der Waals surface area (Å²) in [6.45, 7) is 0. The highest BCUT2D eigenvalue weighted by Gasteiger charge is 2.09. The minimum Gasteiger partial charge on any atom is -0.481 e. The van der Waals surface area contributed by atoms with E-state index < -0.39 is 17.9 Å². The van der Waals surface area contributed by atoms with E-state index in [0.29, 0.717) is 10.0 Å². The van der Waals surface area contributed by atoms with Gasteiger partial charge in [0.15, 0.2) is 4.34 Å². The highest BCUT2D eigenvalue weighted by atomic mass is 32.2. The van der Waals surface area contributed by atoms with Crippen molar-refractivity contribution in [3.8, 4) is 0 Å². The Hall–Kier alpha value is -1.61. The van der Waals surface area contributed by atoms with Gasteiger partial charge in [-0.05, 0) is 0 Å². The van der Waals surface area contributed by atoms with Crippen molar-refractivity contribution in [2.24, 2.45) is 5.73 Å². The number of nitrogens with zero attached hydrogens (tertiary/aromatic N) is 1. The normalized spacial score (nSPS) is 9.88. The Labute approximate surface area is 104 Å². The minimum absolute atomic E-state index is 0.00294.